The first-order valence-electron chi connectivity index (χ1n) is 8.70. The topological polar surface area (TPSA) is 108 Å². The van der Waals surface area contributed by atoms with Crippen molar-refractivity contribution in [3.63, 3.8) is 0 Å². The maximum Gasteiger partial charge on any atom is 0.247 e. The Morgan fingerprint density at radius 3 is 2.52 bits per heavy atom. The van der Waals surface area contributed by atoms with Gasteiger partial charge < -0.3 is 10.5 Å². The van der Waals surface area contributed by atoms with Crippen LogP contribution < -0.4 is 10.5 Å². The number of nitrogen functional groups attached to an aromatic ring is 1. The van der Waals surface area contributed by atoms with Crippen molar-refractivity contribution >= 4 is 36.5 Å². The molecule has 2 heterocycles. The molecular weight excluding hydrogens is 408 g/mol. The Morgan fingerprint density at radius 2 is 1.83 bits per heavy atom. The highest BCUT2D eigenvalue weighted by Gasteiger charge is 2.19. The normalized spacial score (nSPS) is 11.7. The Kier molecular flexibility index (Phi) is 4.93. The van der Waals surface area contributed by atoms with Crippen molar-refractivity contribution in [3.8, 4) is 17.0 Å². The van der Waals surface area contributed by atoms with E-state index in [1.807, 2.05) is 36.4 Å². The lowest BCUT2D eigenvalue weighted by Gasteiger charge is -2.10. The highest BCUT2D eigenvalue weighted by molar-refractivity contribution is 7.90. The average Bonchev–Trinajstić information content (AvgIpc) is 3.07. The van der Waals surface area contributed by atoms with Gasteiger partial charge in [0.25, 0.3) is 0 Å². The number of benzene rings is 2. The van der Waals surface area contributed by atoms with Gasteiger partial charge in [-0.2, -0.15) is 0 Å². The summed E-state index contributed by atoms with van der Waals surface area (Å²) in [7, 11) is -2.04. The van der Waals surface area contributed by atoms with Crippen molar-refractivity contribution in [2.45, 2.75) is 11.6 Å². The zero-order chi connectivity index (χ0) is 20.6. The number of methoxy groups -OCH3 is 1. The quantitative estimate of drug-likeness (QED) is 0.488. The third-order valence-corrected chi connectivity index (χ3v) is 5.99. The highest BCUT2D eigenvalue weighted by Crippen LogP contribution is 2.36. The average molecular weight is 427 g/mol. The van der Waals surface area contributed by atoms with E-state index in [0.29, 0.717) is 39.8 Å². The van der Waals surface area contributed by atoms with Crippen LogP contribution in [-0.2, 0) is 16.3 Å². The second kappa shape index (κ2) is 7.41. The fourth-order valence-corrected chi connectivity index (χ4v) is 4.34. The number of nitrogens with zero attached hydrogens (tertiary/aromatic N) is 3. The third-order valence-electron chi connectivity index (χ3n) is 4.32. The van der Waals surface area contributed by atoms with E-state index >= 15 is 0 Å². The number of thiazole rings is 1. The summed E-state index contributed by atoms with van der Waals surface area (Å²) in [6.07, 6.45) is 1.58. The van der Waals surface area contributed by atoms with Gasteiger partial charge in [-0.05, 0) is 23.8 Å². The lowest BCUT2D eigenvalue weighted by atomic mass is 10.1. The zero-order valence-electron chi connectivity index (χ0n) is 15.8. The number of anilines is 1. The number of rotatable bonds is 5. The summed E-state index contributed by atoms with van der Waals surface area (Å²) in [6.45, 7) is 0. The molecule has 0 bridgehead atoms. The molecule has 0 aliphatic rings. The minimum Gasteiger partial charge on any atom is -0.497 e. The Hall–Kier alpha value is -3.04. The molecule has 0 radical (unpaired) electrons. The van der Waals surface area contributed by atoms with E-state index in [2.05, 4.69) is 15.0 Å². The molecule has 0 saturated carbocycles. The van der Waals surface area contributed by atoms with Crippen molar-refractivity contribution in [2.75, 3.05) is 19.1 Å². The van der Waals surface area contributed by atoms with Gasteiger partial charge in [-0.25, -0.2) is 23.4 Å². The van der Waals surface area contributed by atoms with Crippen LogP contribution in [0, 0.1) is 0 Å². The first-order valence-corrected chi connectivity index (χ1v) is 11.4. The van der Waals surface area contributed by atoms with Crippen LogP contribution in [0.5, 0.6) is 5.75 Å². The Balaban J connectivity index is 1.94. The van der Waals surface area contributed by atoms with Gasteiger partial charge in [-0.1, -0.05) is 41.7 Å². The molecule has 4 aromatic rings. The molecule has 0 unspecified atom stereocenters. The van der Waals surface area contributed by atoms with Crippen LogP contribution >= 0.6 is 11.3 Å². The predicted octanol–water partition coefficient (Wildman–Crippen LogP) is 3.34. The van der Waals surface area contributed by atoms with E-state index in [-0.39, 0.29) is 5.16 Å². The van der Waals surface area contributed by atoms with Gasteiger partial charge in [-0.15, -0.1) is 0 Å². The summed E-state index contributed by atoms with van der Waals surface area (Å²) in [4.78, 5) is 13.0. The van der Waals surface area contributed by atoms with Crippen LogP contribution in [0.15, 0.2) is 53.7 Å². The van der Waals surface area contributed by atoms with Gasteiger partial charge in [0.05, 0.1) is 28.7 Å². The molecule has 2 aromatic carbocycles. The second-order valence-electron chi connectivity index (χ2n) is 6.54. The molecule has 0 amide bonds. The number of sulfone groups is 1. The molecule has 0 fully saturated rings. The molecule has 148 valence electrons. The molecule has 0 saturated heterocycles. The molecule has 0 atom stereocenters. The number of fused-ring (bicyclic) bond motifs is 1. The molecule has 2 N–H and O–H groups in total. The van der Waals surface area contributed by atoms with Crippen LogP contribution in [0.4, 0.5) is 5.13 Å². The van der Waals surface area contributed by atoms with E-state index in [0.717, 1.165) is 16.5 Å². The molecule has 0 aliphatic carbocycles. The number of hydrogen-bond donors (Lipinski definition) is 1. The standard InChI is InChI=1S/C20H18N4O3S2/c1-27-14-10-15(18-17(11-14)28-19(21)24-18)16-9-13(8-12-6-4-3-5-7-12)22-20(23-16)29(2,25)26/h3-7,9-11H,8H2,1-2H3,(H2,21,24). The monoisotopic (exact) mass is 426 g/mol. The van der Waals surface area contributed by atoms with Crippen molar-refractivity contribution < 1.29 is 13.2 Å². The van der Waals surface area contributed by atoms with Crippen molar-refractivity contribution in [1.29, 1.82) is 0 Å². The van der Waals surface area contributed by atoms with Gasteiger partial charge in [0, 0.05) is 18.2 Å². The SMILES string of the molecule is COc1cc(-c2cc(Cc3ccccc3)nc(S(C)(=O)=O)n2)c2nc(N)sc2c1. The van der Waals surface area contributed by atoms with E-state index in [1.54, 1.807) is 19.2 Å². The van der Waals surface area contributed by atoms with E-state index in [1.165, 1.54) is 11.3 Å². The molecule has 0 spiro atoms. The van der Waals surface area contributed by atoms with Gasteiger partial charge in [0.15, 0.2) is 5.13 Å². The van der Waals surface area contributed by atoms with Crippen molar-refractivity contribution in [3.05, 3.63) is 59.8 Å². The third kappa shape index (κ3) is 4.06. The second-order valence-corrected chi connectivity index (χ2v) is 9.51. The van der Waals surface area contributed by atoms with Gasteiger partial charge in [0.2, 0.25) is 15.0 Å². The summed E-state index contributed by atoms with van der Waals surface area (Å²) in [6, 6.07) is 15.1. The van der Waals surface area contributed by atoms with Gasteiger partial charge in [-0.3, -0.25) is 0 Å². The van der Waals surface area contributed by atoms with Crippen LogP contribution in [0.1, 0.15) is 11.3 Å². The summed E-state index contributed by atoms with van der Waals surface area (Å²) in [5.74, 6) is 0.611. The van der Waals surface area contributed by atoms with Gasteiger partial charge in [0.1, 0.15) is 5.75 Å². The maximum atomic E-state index is 12.2. The van der Waals surface area contributed by atoms with E-state index in [4.69, 9.17) is 10.5 Å². The fraction of sp³-hybridized carbons (Fsp3) is 0.150. The summed E-state index contributed by atoms with van der Waals surface area (Å²) in [5, 5.41) is 0.191. The van der Waals surface area contributed by atoms with Crippen LogP contribution in [0.2, 0.25) is 0 Å². The number of aromatic nitrogens is 3. The van der Waals surface area contributed by atoms with E-state index < -0.39 is 9.84 Å². The largest absolute Gasteiger partial charge is 0.497 e. The molecule has 9 heteroatoms. The van der Waals surface area contributed by atoms with Crippen LogP contribution in [-0.4, -0.2) is 36.7 Å². The van der Waals surface area contributed by atoms with E-state index in [9.17, 15) is 8.42 Å². The minimum absolute atomic E-state index is 0.222. The summed E-state index contributed by atoms with van der Waals surface area (Å²) in [5.41, 5.74) is 9.27. The smallest absolute Gasteiger partial charge is 0.247 e. The molecule has 4 rings (SSSR count). The number of hydrogen-bond acceptors (Lipinski definition) is 8. The predicted molar refractivity (Wildman–Crippen MR) is 114 cm³/mol. The number of nitrogens with two attached hydrogens (primary N) is 1. The molecule has 7 nitrogen and oxygen atoms in total. The summed E-state index contributed by atoms with van der Waals surface area (Å²) >= 11 is 1.33. The Morgan fingerprint density at radius 1 is 1.07 bits per heavy atom. The lowest BCUT2D eigenvalue weighted by Crippen LogP contribution is -2.08. The van der Waals surface area contributed by atoms with Gasteiger partial charge >= 0.3 is 0 Å². The van der Waals surface area contributed by atoms with Crippen molar-refractivity contribution in [1.82, 2.24) is 15.0 Å². The molecule has 29 heavy (non-hydrogen) atoms. The maximum absolute atomic E-state index is 12.2. The molecular formula is C20H18N4O3S2. The molecule has 2 aromatic heterocycles. The number of ether oxygens (including phenoxy) is 1. The highest BCUT2D eigenvalue weighted by atomic mass is 32.2. The first kappa shape index (κ1) is 19.3. The van der Waals surface area contributed by atoms with Crippen molar-refractivity contribution in [2.24, 2.45) is 0 Å². The summed E-state index contributed by atoms with van der Waals surface area (Å²) < 4.78 is 30.7. The molecule has 0 aliphatic heterocycles. The Labute approximate surface area is 172 Å². The van der Waals surface area contributed by atoms with Crippen LogP contribution in [0.25, 0.3) is 21.5 Å². The first-order chi connectivity index (χ1) is 13.8. The lowest BCUT2D eigenvalue weighted by molar-refractivity contribution is 0.415. The van der Waals surface area contributed by atoms with Crippen LogP contribution in [0.3, 0.4) is 0 Å². The zero-order valence-corrected chi connectivity index (χ0v) is 17.4. The fourth-order valence-electron chi connectivity index (χ4n) is 3.01. The minimum atomic E-state index is -3.61. The Bertz CT molecular complexity index is 1300.